The molecule has 0 aliphatic carbocycles. The normalized spacial score (nSPS) is 11.5. The number of nitrogens with one attached hydrogen (secondary N) is 1. The summed E-state index contributed by atoms with van der Waals surface area (Å²) in [6, 6.07) is -2.59. The van der Waals surface area contributed by atoms with E-state index < -0.39 is 23.9 Å². The molecule has 13 heavy (non-hydrogen) atoms. The van der Waals surface area contributed by atoms with Gasteiger partial charge in [-0.1, -0.05) is 0 Å². The molecule has 1 atom stereocenters. The summed E-state index contributed by atoms with van der Waals surface area (Å²) in [5, 5.41) is 1.66. The number of hydrogen-bond donors (Lipinski definition) is 3. The van der Waals surface area contributed by atoms with E-state index in [0.717, 1.165) is 0 Å². The van der Waals surface area contributed by atoms with Crippen LogP contribution in [-0.4, -0.2) is 30.6 Å². The Balaban J connectivity index is 4.09. The van der Waals surface area contributed by atoms with Gasteiger partial charge in [-0.25, -0.2) is 9.59 Å². The fourth-order valence-corrected chi connectivity index (χ4v) is 0.538. The zero-order valence-electron chi connectivity index (χ0n) is 7.07. The largest absolute Gasteiger partial charge is 0.464 e. The van der Waals surface area contributed by atoms with Crippen LogP contribution >= 0.6 is 0 Å². The molecule has 7 nitrogen and oxygen atoms in total. The van der Waals surface area contributed by atoms with Gasteiger partial charge >= 0.3 is 12.0 Å². The van der Waals surface area contributed by atoms with Crippen LogP contribution < -0.4 is 16.8 Å². The smallest absolute Gasteiger partial charge is 0.332 e. The standard InChI is InChI=1S/C6H11N3O4/c1-2-13-5(11)3(7)4(10)9-6(8)12/h3H,2,7H2,1H3,(H3,8,9,10,12). The lowest BCUT2D eigenvalue weighted by atomic mass is 10.3. The molecule has 1 unspecified atom stereocenters. The van der Waals surface area contributed by atoms with Crippen molar-refractivity contribution in [3.8, 4) is 0 Å². The van der Waals surface area contributed by atoms with Gasteiger partial charge in [-0.3, -0.25) is 10.1 Å². The maximum Gasteiger partial charge on any atom is 0.332 e. The van der Waals surface area contributed by atoms with E-state index in [1.54, 1.807) is 12.2 Å². The number of amides is 3. The Kier molecular flexibility index (Phi) is 4.45. The van der Waals surface area contributed by atoms with Crippen molar-refractivity contribution in [2.45, 2.75) is 13.0 Å². The predicted molar refractivity (Wildman–Crippen MR) is 42.3 cm³/mol. The Morgan fingerprint density at radius 1 is 1.46 bits per heavy atom. The molecule has 0 fully saturated rings. The summed E-state index contributed by atoms with van der Waals surface area (Å²) in [6.07, 6.45) is 0. The molecule has 0 heterocycles. The Bertz CT molecular complexity index is 228. The molecule has 0 rings (SSSR count). The van der Waals surface area contributed by atoms with Crippen LogP contribution in [0.15, 0.2) is 0 Å². The molecule has 5 N–H and O–H groups in total. The van der Waals surface area contributed by atoms with E-state index in [1.807, 2.05) is 0 Å². The van der Waals surface area contributed by atoms with Gasteiger partial charge in [0.05, 0.1) is 6.61 Å². The van der Waals surface area contributed by atoms with Crippen molar-refractivity contribution < 1.29 is 19.1 Å². The summed E-state index contributed by atoms with van der Waals surface area (Å²) in [4.78, 5) is 31.8. The van der Waals surface area contributed by atoms with Gasteiger partial charge in [-0.05, 0) is 6.92 Å². The van der Waals surface area contributed by atoms with Gasteiger partial charge in [0.15, 0.2) is 6.04 Å². The SMILES string of the molecule is CCOC(=O)C(N)C(=O)NC(N)=O. The predicted octanol–water partition coefficient (Wildman–Crippen LogP) is -1.93. The third kappa shape index (κ3) is 4.06. The summed E-state index contributed by atoms with van der Waals surface area (Å²) in [5.41, 5.74) is 9.73. The van der Waals surface area contributed by atoms with Crippen molar-refractivity contribution in [3.05, 3.63) is 0 Å². The summed E-state index contributed by atoms with van der Waals surface area (Å²) in [6.45, 7) is 1.67. The zero-order chi connectivity index (χ0) is 10.4. The molecule has 7 heteroatoms. The number of urea groups is 1. The minimum absolute atomic E-state index is 0.108. The second kappa shape index (κ2) is 5.09. The highest BCUT2D eigenvalue weighted by Crippen LogP contribution is 1.85. The van der Waals surface area contributed by atoms with Crippen molar-refractivity contribution >= 4 is 17.9 Å². The number of carbonyl (C=O) groups is 3. The lowest BCUT2D eigenvalue weighted by Crippen LogP contribution is -2.50. The van der Waals surface area contributed by atoms with E-state index in [2.05, 4.69) is 10.5 Å². The molecule has 0 aromatic heterocycles. The van der Waals surface area contributed by atoms with Crippen molar-refractivity contribution in [2.24, 2.45) is 11.5 Å². The van der Waals surface area contributed by atoms with E-state index in [0.29, 0.717) is 0 Å². The molecule has 0 bridgehead atoms. The molecule has 0 aromatic carbocycles. The molecular formula is C6H11N3O4. The number of carbonyl (C=O) groups excluding carboxylic acids is 3. The minimum atomic E-state index is -1.52. The number of nitrogens with two attached hydrogens (primary N) is 2. The molecule has 0 aliphatic rings. The summed E-state index contributed by atoms with van der Waals surface area (Å²) < 4.78 is 4.43. The van der Waals surface area contributed by atoms with Crippen molar-refractivity contribution in [1.82, 2.24) is 5.32 Å². The molecule has 74 valence electrons. The third-order valence-corrected chi connectivity index (χ3v) is 1.07. The van der Waals surface area contributed by atoms with Gasteiger partial charge in [0, 0.05) is 0 Å². The topological polar surface area (TPSA) is 125 Å². The first-order valence-electron chi connectivity index (χ1n) is 3.51. The number of ether oxygens (including phenoxy) is 1. The summed E-state index contributed by atoms with van der Waals surface area (Å²) in [7, 11) is 0. The van der Waals surface area contributed by atoms with Crippen molar-refractivity contribution in [3.63, 3.8) is 0 Å². The van der Waals surface area contributed by atoms with E-state index in [4.69, 9.17) is 5.73 Å². The Hall–Kier alpha value is -1.63. The second-order valence-corrected chi connectivity index (χ2v) is 2.08. The molecule has 0 saturated carbocycles. The fraction of sp³-hybridized carbons (Fsp3) is 0.500. The Morgan fingerprint density at radius 2 is 2.00 bits per heavy atom. The van der Waals surface area contributed by atoms with Gasteiger partial charge in [0.25, 0.3) is 5.91 Å². The molecule has 0 spiro atoms. The Labute approximate surface area is 74.4 Å². The van der Waals surface area contributed by atoms with Crippen LogP contribution in [0.1, 0.15) is 6.92 Å². The van der Waals surface area contributed by atoms with E-state index >= 15 is 0 Å². The molecule has 3 amide bonds. The zero-order valence-corrected chi connectivity index (χ0v) is 7.07. The number of hydrogen-bond acceptors (Lipinski definition) is 5. The number of primary amides is 1. The molecular weight excluding hydrogens is 178 g/mol. The van der Waals surface area contributed by atoms with Crippen molar-refractivity contribution in [2.75, 3.05) is 6.61 Å². The highest BCUT2D eigenvalue weighted by molar-refractivity contribution is 6.07. The van der Waals surface area contributed by atoms with Gasteiger partial charge in [-0.2, -0.15) is 0 Å². The number of imide groups is 1. The van der Waals surface area contributed by atoms with Gasteiger partial charge in [0.2, 0.25) is 0 Å². The van der Waals surface area contributed by atoms with E-state index in [-0.39, 0.29) is 6.61 Å². The monoisotopic (exact) mass is 189 g/mol. The molecule has 0 saturated heterocycles. The van der Waals surface area contributed by atoms with Crippen LogP contribution in [0.25, 0.3) is 0 Å². The summed E-state index contributed by atoms with van der Waals surface area (Å²) in [5.74, 6) is -1.88. The first-order valence-corrected chi connectivity index (χ1v) is 3.51. The van der Waals surface area contributed by atoms with Crippen LogP contribution in [0.2, 0.25) is 0 Å². The van der Waals surface area contributed by atoms with Gasteiger partial charge < -0.3 is 16.2 Å². The summed E-state index contributed by atoms with van der Waals surface area (Å²) >= 11 is 0. The highest BCUT2D eigenvalue weighted by atomic mass is 16.5. The van der Waals surface area contributed by atoms with Crippen molar-refractivity contribution in [1.29, 1.82) is 0 Å². The average molecular weight is 189 g/mol. The van der Waals surface area contributed by atoms with Crippen LogP contribution in [0.4, 0.5) is 4.79 Å². The quantitative estimate of drug-likeness (QED) is 0.352. The van der Waals surface area contributed by atoms with E-state index in [1.165, 1.54) is 0 Å². The maximum absolute atomic E-state index is 10.8. The lowest BCUT2D eigenvalue weighted by molar-refractivity contribution is -0.147. The third-order valence-electron chi connectivity index (χ3n) is 1.07. The van der Waals surface area contributed by atoms with Crippen LogP contribution in [0.5, 0.6) is 0 Å². The highest BCUT2D eigenvalue weighted by Gasteiger charge is 2.23. The minimum Gasteiger partial charge on any atom is -0.464 e. The first-order chi connectivity index (χ1) is 5.99. The Morgan fingerprint density at radius 3 is 2.38 bits per heavy atom. The maximum atomic E-state index is 10.8. The molecule has 0 radical (unpaired) electrons. The number of rotatable bonds is 3. The second-order valence-electron chi connectivity index (χ2n) is 2.08. The van der Waals surface area contributed by atoms with E-state index in [9.17, 15) is 14.4 Å². The lowest BCUT2D eigenvalue weighted by Gasteiger charge is -2.08. The average Bonchev–Trinajstić information content (AvgIpc) is 2.02. The number of esters is 1. The van der Waals surface area contributed by atoms with Crippen LogP contribution in [-0.2, 0) is 14.3 Å². The van der Waals surface area contributed by atoms with Crippen LogP contribution in [0, 0.1) is 0 Å². The van der Waals surface area contributed by atoms with Gasteiger partial charge in [0.1, 0.15) is 0 Å². The fourth-order valence-electron chi connectivity index (χ4n) is 0.538. The van der Waals surface area contributed by atoms with Gasteiger partial charge in [-0.15, -0.1) is 0 Å². The molecule has 0 aliphatic heterocycles. The van der Waals surface area contributed by atoms with Crippen LogP contribution in [0.3, 0.4) is 0 Å². The first kappa shape index (κ1) is 11.4. The molecule has 0 aromatic rings.